The molecule has 2 N–H and O–H groups in total. The van der Waals surface area contributed by atoms with Gasteiger partial charge in [-0.05, 0) is 35.1 Å². The second-order valence-corrected chi connectivity index (χ2v) is 9.11. The number of amides is 1. The number of nitrogens with zero attached hydrogens (tertiary/aromatic N) is 3. The second kappa shape index (κ2) is 12.3. The molecular weight excluding hydrogens is 496 g/mol. The van der Waals surface area contributed by atoms with Gasteiger partial charge >= 0.3 is 6.18 Å². The Kier molecular flexibility index (Phi) is 8.91. The van der Waals surface area contributed by atoms with E-state index in [9.17, 15) is 22.8 Å². The van der Waals surface area contributed by atoms with Crippen molar-refractivity contribution in [3.8, 4) is 0 Å². The summed E-state index contributed by atoms with van der Waals surface area (Å²) in [6, 6.07) is 14.6. The molecule has 1 unspecified atom stereocenters. The normalized spacial score (nSPS) is 16.2. The summed E-state index contributed by atoms with van der Waals surface area (Å²) >= 11 is 0. The van der Waals surface area contributed by atoms with E-state index in [1.165, 1.54) is 7.41 Å². The Bertz CT molecular complexity index is 1270. The smallest absolute Gasteiger partial charge is 0.371 e. The summed E-state index contributed by atoms with van der Waals surface area (Å²) in [5.41, 5.74) is 7.60. The van der Waals surface area contributed by atoms with Gasteiger partial charge in [0.05, 0.1) is 36.6 Å². The molecule has 0 spiro atoms. The zero-order valence-electron chi connectivity index (χ0n) is 20.7. The summed E-state index contributed by atoms with van der Waals surface area (Å²) in [4.78, 5) is 32.3. The molecule has 2 heterocycles. The Balaban J connectivity index is 1.49. The van der Waals surface area contributed by atoms with Crippen molar-refractivity contribution in [1.29, 1.82) is 0 Å². The minimum Gasteiger partial charge on any atom is -0.371 e. The van der Waals surface area contributed by atoms with E-state index in [1.54, 1.807) is 24.3 Å². The van der Waals surface area contributed by atoms with Gasteiger partial charge in [0.2, 0.25) is 5.91 Å². The van der Waals surface area contributed by atoms with Crippen LogP contribution in [0, 0.1) is 0 Å². The van der Waals surface area contributed by atoms with Gasteiger partial charge in [-0.15, -0.1) is 0 Å². The first kappa shape index (κ1) is 27.5. The Hall–Kier alpha value is -3.57. The molecule has 4 rings (SSSR count). The molecule has 0 saturated carbocycles. The molecule has 2 aromatic carbocycles. The van der Waals surface area contributed by atoms with Crippen molar-refractivity contribution in [2.75, 3.05) is 19.7 Å². The largest absolute Gasteiger partial charge is 0.419 e. The number of ether oxygens (including phenoxy) is 1. The average molecular weight is 523 g/mol. The Morgan fingerprint density at radius 3 is 2.55 bits per heavy atom. The Labute approximate surface area is 219 Å². The fourth-order valence-corrected chi connectivity index (χ4v) is 4.51. The predicted molar refractivity (Wildman–Crippen MR) is 136 cm³/mol. The van der Waals surface area contributed by atoms with Crippen LogP contribution in [0.25, 0.3) is 0 Å². The van der Waals surface area contributed by atoms with Crippen LogP contribution in [0.2, 0.25) is 0 Å². The maximum atomic E-state index is 13.7. The second-order valence-electron chi connectivity index (χ2n) is 9.11. The van der Waals surface area contributed by atoms with Crippen molar-refractivity contribution >= 4 is 19.5 Å². The van der Waals surface area contributed by atoms with Crippen LogP contribution in [-0.2, 0) is 46.2 Å². The Morgan fingerprint density at radius 2 is 1.87 bits per heavy atom. The van der Waals surface area contributed by atoms with Crippen LogP contribution in [0.4, 0.5) is 13.2 Å². The fourth-order valence-electron chi connectivity index (χ4n) is 4.51. The van der Waals surface area contributed by atoms with Crippen molar-refractivity contribution < 1.29 is 27.5 Å². The van der Waals surface area contributed by atoms with Crippen LogP contribution in [-0.4, -0.2) is 54.0 Å². The number of hydrogen-bond acceptors (Lipinski definition) is 6. The molecule has 1 aromatic heterocycles. The van der Waals surface area contributed by atoms with E-state index in [1.807, 2.05) is 29.1 Å². The first-order chi connectivity index (χ1) is 18.2. The number of alkyl halides is 3. The number of carbonyl (C=O) groups is 2. The minimum absolute atomic E-state index is 0.0204. The van der Waals surface area contributed by atoms with Crippen LogP contribution >= 0.6 is 0 Å². The zero-order valence-corrected chi connectivity index (χ0v) is 20.7. The molecule has 1 amide bonds. The third-order valence-electron chi connectivity index (χ3n) is 6.42. The molecule has 11 heteroatoms. The zero-order chi connectivity index (χ0) is 27.1. The van der Waals surface area contributed by atoms with E-state index in [2.05, 4.69) is 9.97 Å². The number of aromatic nitrogens is 2. The lowest BCUT2D eigenvalue weighted by Gasteiger charge is -2.32. The van der Waals surface area contributed by atoms with Gasteiger partial charge < -0.3 is 20.1 Å². The molecule has 0 bridgehead atoms. The van der Waals surface area contributed by atoms with Crippen LogP contribution in [0.1, 0.15) is 45.4 Å². The maximum Gasteiger partial charge on any atom is 0.419 e. The van der Waals surface area contributed by atoms with E-state index in [-0.39, 0.29) is 43.3 Å². The molecule has 1 aliphatic rings. The van der Waals surface area contributed by atoms with Crippen LogP contribution in [0.5, 0.6) is 0 Å². The molecular formula is C27H27BF3N4O3. The highest BCUT2D eigenvalue weighted by Crippen LogP contribution is 2.32. The van der Waals surface area contributed by atoms with Gasteiger partial charge in [0, 0.05) is 25.7 Å². The number of hydrogen-bond donors (Lipinski definition) is 1. The number of rotatable bonds is 10. The third-order valence-corrected chi connectivity index (χ3v) is 6.42. The number of halogens is 3. The third kappa shape index (κ3) is 7.26. The molecule has 1 aliphatic heterocycles. The molecule has 7 nitrogen and oxygen atoms in total. The van der Waals surface area contributed by atoms with Crippen molar-refractivity contribution in [2.45, 2.75) is 38.0 Å². The standard InChI is InChI=1S/C27H27BF3N4O3/c29-27(30,31)22-15-33-26(34-23(22)10-9-19-3-1-2-4-21(19)14-25(32)37)13-18-5-7-20(8-6-18)24-16-35(28-17-36)11-12-38-24/h1-8,15,17,24H,9-14,16H2,(H2,32,37). The lowest BCUT2D eigenvalue weighted by Crippen LogP contribution is -2.41. The molecule has 1 radical (unpaired) electrons. The van der Waals surface area contributed by atoms with Crippen molar-refractivity contribution in [3.63, 3.8) is 0 Å². The molecule has 3 aromatic rings. The van der Waals surface area contributed by atoms with E-state index >= 15 is 0 Å². The van der Waals surface area contributed by atoms with E-state index in [0.717, 1.165) is 29.1 Å². The van der Waals surface area contributed by atoms with Gasteiger partial charge in [0.15, 0.2) is 0 Å². The van der Waals surface area contributed by atoms with Gasteiger partial charge in [-0.2, -0.15) is 13.2 Å². The topological polar surface area (TPSA) is 98.4 Å². The van der Waals surface area contributed by atoms with E-state index < -0.39 is 17.6 Å². The fraction of sp³-hybridized carbons (Fsp3) is 0.333. The summed E-state index contributed by atoms with van der Waals surface area (Å²) in [6.07, 6.45) is -2.58. The van der Waals surface area contributed by atoms with Gasteiger partial charge in [-0.25, -0.2) is 9.97 Å². The Morgan fingerprint density at radius 1 is 1.13 bits per heavy atom. The van der Waals surface area contributed by atoms with Gasteiger partial charge in [-0.1, -0.05) is 48.5 Å². The predicted octanol–water partition coefficient (Wildman–Crippen LogP) is 3.08. The molecule has 1 atom stereocenters. The monoisotopic (exact) mass is 523 g/mol. The summed E-state index contributed by atoms with van der Waals surface area (Å²) in [6.45, 7) is 1.72. The van der Waals surface area contributed by atoms with Crippen LogP contribution in [0.3, 0.4) is 0 Å². The highest BCUT2D eigenvalue weighted by atomic mass is 19.4. The molecule has 0 aliphatic carbocycles. The van der Waals surface area contributed by atoms with Crippen LogP contribution < -0.4 is 5.73 Å². The summed E-state index contributed by atoms with van der Waals surface area (Å²) < 4.78 is 46.9. The SMILES string of the molecule is NC(=O)Cc1ccccc1CCc1nc(Cc2ccc(C3CN([B]C=O)CCO3)cc2)ncc1C(F)(F)F. The number of nitrogens with two attached hydrogens (primary N) is 1. The molecule has 38 heavy (non-hydrogen) atoms. The molecule has 1 fully saturated rings. The number of carbonyl (C=O) groups excluding carboxylic acids is 2. The summed E-state index contributed by atoms with van der Waals surface area (Å²) in [5.74, 6) is -0.220. The molecule has 1 saturated heterocycles. The highest BCUT2D eigenvalue weighted by Gasteiger charge is 2.34. The quantitative estimate of drug-likeness (QED) is 0.324. The van der Waals surface area contributed by atoms with Gasteiger partial charge in [0.25, 0.3) is 7.41 Å². The maximum absolute atomic E-state index is 13.7. The highest BCUT2D eigenvalue weighted by molar-refractivity contribution is 6.64. The van der Waals surface area contributed by atoms with Gasteiger partial charge in [-0.3, -0.25) is 4.79 Å². The van der Waals surface area contributed by atoms with Crippen molar-refractivity contribution in [2.24, 2.45) is 5.73 Å². The van der Waals surface area contributed by atoms with Crippen LogP contribution in [0.15, 0.2) is 54.7 Å². The van der Waals surface area contributed by atoms with E-state index in [4.69, 9.17) is 10.5 Å². The first-order valence-corrected chi connectivity index (χ1v) is 12.2. The summed E-state index contributed by atoms with van der Waals surface area (Å²) in [7, 11) is 1.50. The lowest BCUT2D eigenvalue weighted by molar-refractivity contribution is -0.138. The minimum atomic E-state index is -4.59. The molecule has 197 valence electrons. The van der Waals surface area contributed by atoms with Crippen molar-refractivity contribution in [3.05, 3.63) is 94.1 Å². The van der Waals surface area contributed by atoms with Gasteiger partial charge in [0.1, 0.15) is 5.82 Å². The van der Waals surface area contributed by atoms with Crippen molar-refractivity contribution in [1.82, 2.24) is 14.8 Å². The number of benzene rings is 2. The van der Waals surface area contributed by atoms with E-state index in [0.29, 0.717) is 25.3 Å². The number of aryl methyl sites for hydroxylation is 2. The average Bonchev–Trinajstić information content (AvgIpc) is 2.88. The first-order valence-electron chi connectivity index (χ1n) is 12.2. The lowest BCUT2D eigenvalue weighted by atomic mass is 9.92. The number of primary amides is 1. The summed E-state index contributed by atoms with van der Waals surface area (Å²) in [5, 5.41) is 0. The number of morpholine rings is 1.